The third kappa shape index (κ3) is 8.19. The van der Waals surface area contributed by atoms with Gasteiger partial charge in [0.2, 0.25) is 11.8 Å². The molecule has 0 aliphatic carbocycles. The van der Waals surface area contributed by atoms with E-state index in [1.54, 1.807) is 43.8 Å². The highest BCUT2D eigenvalue weighted by Gasteiger charge is 2.26. The van der Waals surface area contributed by atoms with Gasteiger partial charge in [0.15, 0.2) is 5.01 Å². The third-order valence-electron chi connectivity index (χ3n) is 8.65. The zero-order chi connectivity index (χ0) is 34.5. The van der Waals surface area contributed by atoms with Crippen molar-refractivity contribution < 1.29 is 24.2 Å². The van der Waals surface area contributed by atoms with Crippen molar-refractivity contribution in [3.63, 3.8) is 0 Å². The SMILES string of the molecule is COc1nc(-c2ccnc(-c3cccc(NC(=O)c4ncc(CN5CCC(C(=O)O)CC5)s4)c3Cl)c2Cl)ccc1CNC[C@@H]1CCC(=O)N1. The number of nitrogens with one attached hydrogen (secondary N) is 3. The molecule has 2 fully saturated rings. The number of likely N-dealkylation sites (tertiary alicyclic amines) is 1. The number of halogens is 2. The van der Waals surface area contributed by atoms with E-state index in [1.807, 2.05) is 12.1 Å². The van der Waals surface area contributed by atoms with Gasteiger partial charge in [-0.1, -0.05) is 41.4 Å². The van der Waals surface area contributed by atoms with Crippen LogP contribution < -0.4 is 20.7 Å². The van der Waals surface area contributed by atoms with Crippen LogP contribution in [0.25, 0.3) is 22.5 Å². The highest BCUT2D eigenvalue weighted by Crippen LogP contribution is 2.40. The van der Waals surface area contributed by atoms with Gasteiger partial charge >= 0.3 is 5.97 Å². The molecule has 0 saturated carbocycles. The van der Waals surface area contributed by atoms with E-state index < -0.39 is 11.9 Å². The van der Waals surface area contributed by atoms with Gasteiger partial charge in [-0.15, -0.1) is 11.3 Å². The van der Waals surface area contributed by atoms with Gasteiger partial charge in [0.1, 0.15) is 0 Å². The van der Waals surface area contributed by atoms with E-state index in [-0.39, 0.29) is 22.9 Å². The number of amides is 2. The molecule has 4 N–H and O–H groups in total. The quantitative estimate of drug-likeness (QED) is 0.147. The molecule has 5 heterocycles. The molecule has 0 unspecified atom stereocenters. The fraction of sp³-hybridized carbons (Fsp3) is 0.353. The number of nitrogens with zero attached hydrogens (tertiary/aromatic N) is 4. The highest BCUT2D eigenvalue weighted by atomic mass is 35.5. The monoisotopic (exact) mass is 723 g/mol. The van der Waals surface area contributed by atoms with Crippen LogP contribution in [-0.2, 0) is 22.7 Å². The lowest BCUT2D eigenvalue weighted by Crippen LogP contribution is -2.35. The first-order valence-corrected chi connectivity index (χ1v) is 17.5. The van der Waals surface area contributed by atoms with Crippen molar-refractivity contribution in [2.45, 2.75) is 44.8 Å². The number of hydrogen-bond donors (Lipinski definition) is 4. The van der Waals surface area contributed by atoms with Crippen molar-refractivity contribution in [2.75, 3.05) is 32.1 Å². The number of carboxylic acids is 1. The number of carboxylic acid groups (broad SMARTS) is 1. The number of carbonyl (C=O) groups excluding carboxylic acids is 2. The standard InChI is InChI=1S/C34H35Cl2N7O5S/c1-48-32-20(15-37-16-21-6-8-27(44)40-21)5-7-25(42-32)23-9-12-38-30(29(23)36)24-3-2-4-26(28(24)35)41-31(45)33-39-17-22(49-33)18-43-13-10-19(11-14-43)34(46)47/h2-5,7,9,12,17,19,21,37H,6,8,10-11,13-16,18H2,1H3,(H,40,44)(H,41,45)(H,46,47)/t21-/m0/s1. The average molecular weight is 725 g/mol. The van der Waals surface area contributed by atoms with Crippen LogP contribution in [0.3, 0.4) is 0 Å². The Morgan fingerprint density at radius 1 is 1.08 bits per heavy atom. The fourth-order valence-corrected chi connectivity index (χ4v) is 7.43. The first-order valence-electron chi connectivity index (χ1n) is 15.9. The molecule has 0 spiro atoms. The van der Waals surface area contributed by atoms with Crippen molar-refractivity contribution in [2.24, 2.45) is 5.92 Å². The van der Waals surface area contributed by atoms with Crippen molar-refractivity contribution in [3.05, 3.63) is 74.3 Å². The number of pyridine rings is 2. The van der Waals surface area contributed by atoms with E-state index in [2.05, 4.69) is 30.8 Å². The Morgan fingerprint density at radius 2 is 1.90 bits per heavy atom. The zero-order valence-electron chi connectivity index (χ0n) is 26.7. The molecule has 15 heteroatoms. The van der Waals surface area contributed by atoms with E-state index in [0.29, 0.717) is 96.1 Å². The number of rotatable bonds is 12. The molecule has 256 valence electrons. The Hall–Kier alpha value is -4.14. The molecule has 0 radical (unpaired) electrons. The molecule has 1 atom stereocenters. The summed E-state index contributed by atoms with van der Waals surface area (Å²) in [6, 6.07) is 10.9. The fourth-order valence-electron chi connectivity index (χ4n) is 6.00. The summed E-state index contributed by atoms with van der Waals surface area (Å²) in [6.45, 7) is 3.15. The molecule has 2 aliphatic rings. The second kappa shape index (κ2) is 15.6. The molecule has 4 aromatic rings. The predicted molar refractivity (Wildman–Crippen MR) is 188 cm³/mol. The van der Waals surface area contributed by atoms with Crippen LogP contribution in [0.5, 0.6) is 5.88 Å². The Kier molecular flexibility index (Phi) is 11.1. The van der Waals surface area contributed by atoms with Gasteiger partial charge in [0.25, 0.3) is 5.91 Å². The molecule has 6 rings (SSSR count). The number of methoxy groups -OCH3 is 1. The van der Waals surface area contributed by atoms with Gasteiger partial charge in [-0.2, -0.15) is 0 Å². The topological polar surface area (TPSA) is 159 Å². The first-order chi connectivity index (χ1) is 23.7. The van der Waals surface area contributed by atoms with E-state index in [4.69, 9.17) is 32.9 Å². The van der Waals surface area contributed by atoms with E-state index in [9.17, 15) is 19.5 Å². The van der Waals surface area contributed by atoms with Crippen LogP contribution >= 0.6 is 34.5 Å². The Labute approximate surface area is 297 Å². The van der Waals surface area contributed by atoms with Crippen LogP contribution in [-0.4, -0.2) is 75.5 Å². The highest BCUT2D eigenvalue weighted by molar-refractivity contribution is 7.13. The summed E-state index contributed by atoms with van der Waals surface area (Å²) in [4.78, 5) is 52.6. The Balaban J connectivity index is 1.13. The first kappa shape index (κ1) is 34.7. The van der Waals surface area contributed by atoms with Crippen LogP contribution in [0.1, 0.15) is 45.9 Å². The smallest absolute Gasteiger partial charge is 0.306 e. The normalized spacial score (nSPS) is 16.8. The van der Waals surface area contributed by atoms with Crippen LogP contribution in [0.4, 0.5) is 5.69 Å². The minimum Gasteiger partial charge on any atom is -0.481 e. The van der Waals surface area contributed by atoms with E-state index >= 15 is 0 Å². The number of carbonyl (C=O) groups is 3. The lowest BCUT2D eigenvalue weighted by atomic mass is 9.97. The summed E-state index contributed by atoms with van der Waals surface area (Å²) >= 11 is 15.1. The van der Waals surface area contributed by atoms with Gasteiger partial charge in [0.05, 0.1) is 40.1 Å². The lowest BCUT2D eigenvalue weighted by Gasteiger charge is -2.29. The molecule has 0 bridgehead atoms. The van der Waals surface area contributed by atoms with Crippen molar-refractivity contribution in [1.82, 2.24) is 30.5 Å². The summed E-state index contributed by atoms with van der Waals surface area (Å²) in [6.07, 6.45) is 5.89. The maximum Gasteiger partial charge on any atom is 0.306 e. The summed E-state index contributed by atoms with van der Waals surface area (Å²) in [5, 5.41) is 19.3. The predicted octanol–water partition coefficient (Wildman–Crippen LogP) is 5.50. The Bertz CT molecular complexity index is 1860. The molecule has 12 nitrogen and oxygen atoms in total. The van der Waals surface area contributed by atoms with Crippen LogP contribution in [0, 0.1) is 5.92 Å². The van der Waals surface area contributed by atoms with Gasteiger partial charge in [-0.3, -0.25) is 24.3 Å². The third-order valence-corrected chi connectivity index (χ3v) is 10.4. The largest absolute Gasteiger partial charge is 0.481 e. The molecule has 2 amide bonds. The Morgan fingerprint density at radius 3 is 2.63 bits per heavy atom. The number of hydrogen-bond acceptors (Lipinski definition) is 10. The van der Waals surface area contributed by atoms with Gasteiger partial charge in [-0.05, 0) is 50.6 Å². The van der Waals surface area contributed by atoms with Crippen molar-refractivity contribution >= 4 is 58.0 Å². The van der Waals surface area contributed by atoms with Crippen molar-refractivity contribution in [3.8, 4) is 28.4 Å². The molecular weight excluding hydrogens is 689 g/mol. The minimum atomic E-state index is -0.744. The molecule has 49 heavy (non-hydrogen) atoms. The van der Waals surface area contributed by atoms with Crippen molar-refractivity contribution in [1.29, 1.82) is 0 Å². The number of aliphatic carboxylic acids is 1. The van der Waals surface area contributed by atoms with Gasteiger partial charge < -0.3 is 25.8 Å². The lowest BCUT2D eigenvalue weighted by molar-refractivity contribution is -0.143. The number of aromatic nitrogens is 3. The second-order valence-corrected chi connectivity index (χ2v) is 13.8. The van der Waals surface area contributed by atoms with Gasteiger partial charge in [0, 0.05) is 66.1 Å². The number of thiazole rings is 1. The van der Waals surface area contributed by atoms with E-state index in [0.717, 1.165) is 16.9 Å². The molecule has 2 aliphatic heterocycles. The van der Waals surface area contributed by atoms with E-state index in [1.165, 1.54) is 11.3 Å². The number of anilines is 1. The maximum atomic E-state index is 13.2. The summed E-state index contributed by atoms with van der Waals surface area (Å²) in [5.41, 5.74) is 3.42. The molecular formula is C34H35Cl2N7O5S. The van der Waals surface area contributed by atoms with Crippen LogP contribution in [0.2, 0.25) is 10.0 Å². The number of ether oxygens (including phenoxy) is 1. The maximum absolute atomic E-state index is 13.2. The molecule has 3 aromatic heterocycles. The summed E-state index contributed by atoms with van der Waals surface area (Å²) < 4.78 is 5.59. The molecule has 1 aromatic carbocycles. The summed E-state index contributed by atoms with van der Waals surface area (Å²) in [7, 11) is 1.56. The second-order valence-electron chi connectivity index (χ2n) is 12.0. The van der Waals surface area contributed by atoms with Crippen LogP contribution in [0.15, 0.2) is 48.8 Å². The number of piperidine rings is 1. The zero-order valence-corrected chi connectivity index (χ0v) is 29.0. The minimum absolute atomic E-state index is 0.0800. The van der Waals surface area contributed by atoms with Gasteiger partial charge in [-0.25, -0.2) is 9.97 Å². The number of benzene rings is 1. The average Bonchev–Trinajstić information content (AvgIpc) is 3.75. The summed E-state index contributed by atoms with van der Waals surface area (Å²) in [5.74, 6) is -0.911. The molecule has 2 saturated heterocycles.